The minimum Gasteiger partial charge on any atom is -0.465 e. The van der Waals surface area contributed by atoms with E-state index in [1.165, 1.54) is 23.3 Å². The standard InChI is InChI=1S/C27H40N2O4S/c1-17(2)22(25(31)28(7)8)29(24(30)19-12-10-18(3)11-13-19)21-16-20(14-15-27(4,5)6)34-23(21)26(32)33-9/h16-19,22H,10-13H2,1-9H3/t18?,19?,22-/m0/s1. The molecular weight excluding hydrogens is 448 g/mol. The number of rotatable bonds is 6. The van der Waals surface area contributed by atoms with Crippen LogP contribution in [0.2, 0.25) is 0 Å². The van der Waals surface area contributed by atoms with Gasteiger partial charge < -0.3 is 9.64 Å². The summed E-state index contributed by atoms with van der Waals surface area (Å²) in [6.07, 6.45) is 3.53. The zero-order chi connectivity index (χ0) is 25.8. The Hall–Kier alpha value is -2.33. The van der Waals surface area contributed by atoms with Crippen molar-refractivity contribution in [2.45, 2.75) is 73.3 Å². The molecule has 1 atom stereocenters. The van der Waals surface area contributed by atoms with Crippen LogP contribution in [0.25, 0.3) is 0 Å². The second-order valence-electron chi connectivity index (χ2n) is 10.9. The summed E-state index contributed by atoms with van der Waals surface area (Å²) in [4.78, 5) is 44.2. The van der Waals surface area contributed by atoms with Gasteiger partial charge in [0, 0.05) is 25.4 Å². The normalized spacial score (nSPS) is 19.1. The van der Waals surface area contributed by atoms with Gasteiger partial charge in [0.25, 0.3) is 0 Å². The maximum Gasteiger partial charge on any atom is 0.350 e. The van der Waals surface area contributed by atoms with Crippen LogP contribution >= 0.6 is 11.3 Å². The highest BCUT2D eigenvalue weighted by Crippen LogP contribution is 2.38. The van der Waals surface area contributed by atoms with Crippen molar-refractivity contribution in [3.63, 3.8) is 0 Å². The van der Waals surface area contributed by atoms with E-state index in [-0.39, 0.29) is 29.1 Å². The van der Waals surface area contributed by atoms with Crippen molar-refractivity contribution >= 4 is 34.8 Å². The van der Waals surface area contributed by atoms with Gasteiger partial charge in [-0.1, -0.05) is 32.6 Å². The molecule has 2 amide bonds. The molecule has 1 heterocycles. The summed E-state index contributed by atoms with van der Waals surface area (Å²) < 4.78 is 5.06. The van der Waals surface area contributed by atoms with Crippen LogP contribution in [0.4, 0.5) is 5.69 Å². The molecule has 0 unspecified atom stereocenters. The van der Waals surface area contributed by atoms with Gasteiger partial charge in [-0.25, -0.2) is 4.79 Å². The monoisotopic (exact) mass is 488 g/mol. The Morgan fingerprint density at radius 2 is 1.71 bits per heavy atom. The first-order valence-electron chi connectivity index (χ1n) is 12.1. The van der Waals surface area contributed by atoms with Crippen molar-refractivity contribution in [3.8, 4) is 11.8 Å². The van der Waals surface area contributed by atoms with Gasteiger partial charge in [-0.3, -0.25) is 14.5 Å². The molecule has 7 heteroatoms. The van der Waals surface area contributed by atoms with E-state index in [0.29, 0.717) is 21.4 Å². The average Bonchev–Trinajstić information content (AvgIpc) is 3.18. The SMILES string of the molecule is COC(=O)c1sc(C#CC(C)(C)C)cc1N(C(=O)C1CCC(C)CC1)[C@H](C(=O)N(C)C)C(C)C. The maximum absolute atomic E-state index is 14.0. The van der Waals surface area contributed by atoms with Crippen LogP contribution in [-0.2, 0) is 14.3 Å². The van der Waals surface area contributed by atoms with Gasteiger partial charge in [0.15, 0.2) is 0 Å². The Balaban J connectivity index is 2.70. The highest BCUT2D eigenvalue weighted by molar-refractivity contribution is 7.15. The molecule has 0 aromatic carbocycles. The first-order valence-corrected chi connectivity index (χ1v) is 12.9. The lowest BCUT2D eigenvalue weighted by Gasteiger charge is -2.38. The summed E-state index contributed by atoms with van der Waals surface area (Å²) in [5, 5.41) is 0. The Morgan fingerprint density at radius 3 is 2.18 bits per heavy atom. The van der Waals surface area contributed by atoms with E-state index in [9.17, 15) is 14.4 Å². The molecule has 1 aromatic rings. The van der Waals surface area contributed by atoms with Gasteiger partial charge in [0.05, 0.1) is 17.7 Å². The Kier molecular flexibility index (Phi) is 9.36. The fourth-order valence-electron chi connectivity index (χ4n) is 4.18. The first kappa shape index (κ1) is 27.9. The number of nitrogens with zero attached hydrogens (tertiary/aromatic N) is 2. The third-order valence-electron chi connectivity index (χ3n) is 6.11. The quantitative estimate of drug-likeness (QED) is 0.408. The Bertz CT molecular complexity index is 953. The topological polar surface area (TPSA) is 66.9 Å². The summed E-state index contributed by atoms with van der Waals surface area (Å²) >= 11 is 1.21. The fraction of sp³-hybridized carbons (Fsp3) is 0.667. The van der Waals surface area contributed by atoms with Gasteiger partial charge >= 0.3 is 5.97 Å². The largest absolute Gasteiger partial charge is 0.465 e. The zero-order valence-electron chi connectivity index (χ0n) is 22.2. The van der Waals surface area contributed by atoms with Crippen LogP contribution < -0.4 is 4.90 Å². The molecule has 0 spiro atoms. The van der Waals surface area contributed by atoms with Gasteiger partial charge in [0.2, 0.25) is 11.8 Å². The number of esters is 1. The molecular formula is C27H40N2O4S. The van der Waals surface area contributed by atoms with Crippen LogP contribution in [0.1, 0.15) is 81.8 Å². The molecule has 2 rings (SSSR count). The van der Waals surface area contributed by atoms with Crippen LogP contribution in [-0.4, -0.2) is 49.9 Å². The third kappa shape index (κ3) is 6.85. The molecule has 34 heavy (non-hydrogen) atoms. The van der Waals surface area contributed by atoms with Gasteiger partial charge in [-0.2, -0.15) is 0 Å². The number of hydrogen-bond acceptors (Lipinski definition) is 5. The van der Waals surface area contributed by atoms with Crippen molar-refractivity contribution in [3.05, 3.63) is 15.8 Å². The summed E-state index contributed by atoms with van der Waals surface area (Å²) in [5.74, 6) is 5.80. The van der Waals surface area contributed by atoms with Crippen molar-refractivity contribution in [2.75, 3.05) is 26.1 Å². The maximum atomic E-state index is 14.0. The molecule has 1 aliphatic carbocycles. The van der Waals surface area contributed by atoms with Crippen molar-refractivity contribution in [1.82, 2.24) is 4.90 Å². The highest BCUT2D eigenvalue weighted by Gasteiger charge is 2.40. The Morgan fingerprint density at radius 1 is 1.12 bits per heavy atom. The van der Waals surface area contributed by atoms with Crippen molar-refractivity contribution in [2.24, 2.45) is 23.2 Å². The molecule has 0 saturated heterocycles. The fourth-order valence-corrected chi connectivity index (χ4v) is 5.10. The number of carbonyl (C=O) groups excluding carboxylic acids is 3. The van der Waals surface area contributed by atoms with Crippen molar-refractivity contribution in [1.29, 1.82) is 0 Å². The molecule has 0 aliphatic heterocycles. The molecule has 1 aromatic heterocycles. The minimum absolute atomic E-state index is 0.0981. The summed E-state index contributed by atoms with van der Waals surface area (Å²) in [6.45, 7) is 12.1. The highest BCUT2D eigenvalue weighted by atomic mass is 32.1. The second kappa shape index (κ2) is 11.4. The third-order valence-corrected chi connectivity index (χ3v) is 7.13. The number of carbonyl (C=O) groups is 3. The zero-order valence-corrected chi connectivity index (χ0v) is 23.0. The molecule has 1 aliphatic rings. The smallest absolute Gasteiger partial charge is 0.350 e. The lowest BCUT2D eigenvalue weighted by atomic mass is 9.81. The van der Waals surface area contributed by atoms with Gasteiger partial charge in [0.1, 0.15) is 10.9 Å². The predicted octanol–water partition coefficient (Wildman–Crippen LogP) is 5.20. The second-order valence-corrected chi connectivity index (χ2v) is 12.0. The van der Waals surface area contributed by atoms with E-state index in [1.807, 2.05) is 34.6 Å². The van der Waals surface area contributed by atoms with E-state index in [4.69, 9.17) is 4.74 Å². The predicted molar refractivity (Wildman–Crippen MR) is 138 cm³/mol. The number of thiophene rings is 1. The number of amides is 2. The number of likely N-dealkylation sites (N-methyl/N-ethyl adjacent to an activating group) is 1. The van der Waals surface area contributed by atoms with E-state index >= 15 is 0 Å². The molecule has 188 valence electrons. The molecule has 0 radical (unpaired) electrons. The number of anilines is 1. The molecule has 1 saturated carbocycles. The lowest BCUT2D eigenvalue weighted by molar-refractivity contribution is -0.134. The van der Waals surface area contributed by atoms with Crippen LogP contribution in [0.15, 0.2) is 6.07 Å². The number of methoxy groups -OCH3 is 1. The molecule has 0 N–H and O–H groups in total. The van der Waals surface area contributed by atoms with Gasteiger partial charge in [-0.15, -0.1) is 11.3 Å². The summed E-state index contributed by atoms with van der Waals surface area (Å²) in [5.41, 5.74) is 0.207. The summed E-state index contributed by atoms with van der Waals surface area (Å²) in [7, 11) is 4.71. The number of hydrogen-bond donors (Lipinski definition) is 0. The van der Waals surface area contributed by atoms with Crippen LogP contribution in [0.5, 0.6) is 0 Å². The lowest BCUT2D eigenvalue weighted by Crippen LogP contribution is -2.54. The Labute approximate surface area is 209 Å². The summed E-state index contributed by atoms with van der Waals surface area (Å²) in [6, 6.07) is 1.04. The first-order chi connectivity index (χ1) is 15.8. The molecule has 0 bridgehead atoms. The van der Waals surface area contributed by atoms with E-state index in [2.05, 4.69) is 18.8 Å². The molecule has 6 nitrogen and oxygen atoms in total. The van der Waals surface area contributed by atoms with E-state index in [1.54, 1.807) is 25.1 Å². The van der Waals surface area contributed by atoms with Gasteiger partial charge in [-0.05, 0) is 64.4 Å². The van der Waals surface area contributed by atoms with E-state index in [0.717, 1.165) is 25.7 Å². The van der Waals surface area contributed by atoms with Crippen LogP contribution in [0, 0.1) is 35.0 Å². The van der Waals surface area contributed by atoms with Crippen molar-refractivity contribution < 1.29 is 19.1 Å². The molecule has 1 fully saturated rings. The van der Waals surface area contributed by atoms with E-state index < -0.39 is 12.0 Å². The average molecular weight is 489 g/mol. The van der Waals surface area contributed by atoms with Crippen LogP contribution in [0.3, 0.4) is 0 Å². The minimum atomic E-state index is -0.733. The number of ether oxygens (including phenoxy) is 1.